The Kier molecular flexibility index (Phi) is 18.7. The van der Waals surface area contributed by atoms with Crippen LogP contribution < -0.4 is 11.5 Å². The Balaban J connectivity index is -0.00000162. The van der Waals surface area contributed by atoms with E-state index in [1.54, 1.807) is 13.8 Å². The summed E-state index contributed by atoms with van der Waals surface area (Å²) >= 11 is 2.28. The third kappa shape index (κ3) is 8.37. The van der Waals surface area contributed by atoms with Gasteiger partial charge in [-0.05, 0) is 13.8 Å². The maximum atomic E-state index is 12.1. The van der Waals surface area contributed by atoms with E-state index < -0.39 is 16.0 Å². The fourth-order valence-corrected chi connectivity index (χ4v) is 3.57. The van der Waals surface area contributed by atoms with Crippen LogP contribution in [-0.2, 0) is 19.1 Å². The molecule has 0 fully saturated rings. The first-order chi connectivity index (χ1) is 9.08. The molecule has 0 saturated heterocycles. The normalized spacial score (nSPS) is 10.1. The summed E-state index contributed by atoms with van der Waals surface area (Å²) in [6, 6.07) is 0. The Morgan fingerprint density at radius 3 is 1.48 bits per heavy atom. The molecule has 0 radical (unpaired) electrons. The molecule has 0 bridgehead atoms. The number of halogens is 2. The monoisotopic (exact) mass is 382 g/mol. The van der Waals surface area contributed by atoms with Gasteiger partial charge in [0.15, 0.2) is 0 Å². The number of esters is 2. The number of carbonyl (C=O) groups is 2. The number of hydrogen-bond donors (Lipinski definition) is 2. The molecule has 6 nitrogen and oxygen atoms in total. The summed E-state index contributed by atoms with van der Waals surface area (Å²) in [5.74, 6) is -0.305. The van der Waals surface area contributed by atoms with Crippen molar-refractivity contribution >= 4 is 60.3 Å². The number of ether oxygens (including phenoxy) is 2. The third-order valence-corrected chi connectivity index (χ3v) is 5.00. The van der Waals surface area contributed by atoms with Gasteiger partial charge in [0.05, 0.1) is 13.2 Å². The molecule has 0 rings (SSSR count). The molecule has 0 aromatic heterocycles. The van der Waals surface area contributed by atoms with Gasteiger partial charge in [0, 0.05) is 24.6 Å². The van der Waals surface area contributed by atoms with Crippen LogP contribution in [0.3, 0.4) is 0 Å². The van der Waals surface area contributed by atoms with Gasteiger partial charge < -0.3 is 20.9 Å². The summed E-state index contributed by atoms with van der Waals surface area (Å²) in [5.41, 5.74) is 10.9. The number of thioether (sulfide) groups is 2. The van der Waals surface area contributed by atoms with Crippen LogP contribution in [0.2, 0.25) is 0 Å². The van der Waals surface area contributed by atoms with Crippen molar-refractivity contribution in [1.82, 2.24) is 0 Å². The molecule has 0 aliphatic heterocycles. The van der Waals surface area contributed by atoms with Crippen LogP contribution in [0.5, 0.6) is 0 Å². The minimum absolute atomic E-state index is 0. The van der Waals surface area contributed by atoms with Gasteiger partial charge in [-0.3, -0.25) is 0 Å². The number of rotatable bonds is 10. The maximum Gasteiger partial charge on any atom is 0.344 e. The molecular formula is C11H24Cl2N2O4S2. The lowest BCUT2D eigenvalue weighted by Gasteiger charge is -2.27. The Bertz CT molecular complexity index is 271. The summed E-state index contributed by atoms with van der Waals surface area (Å²) in [4.78, 5) is 24.3. The van der Waals surface area contributed by atoms with Gasteiger partial charge in [0.1, 0.15) is 0 Å². The van der Waals surface area contributed by atoms with Crippen LogP contribution in [0.25, 0.3) is 0 Å². The molecule has 10 heteroatoms. The Hall–Kier alpha value is 0.140. The highest BCUT2D eigenvalue weighted by atomic mass is 35.5. The quantitative estimate of drug-likeness (QED) is 0.328. The Morgan fingerprint density at radius 1 is 0.905 bits per heavy atom. The minimum Gasteiger partial charge on any atom is -0.464 e. The summed E-state index contributed by atoms with van der Waals surface area (Å²) in [5, 5.41) is 0. The van der Waals surface area contributed by atoms with Crippen molar-refractivity contribution < 1.29 is 19.1 Å². The standard InChI is InChI=1S/C11H22N2O4S2.2ClH/c1-3-16-9(14)11(18-7-5-12,19-8-6-13)10(15)17-4-2;;/h3-8,12-13H2,1-2H3;2*1H. The van der Waals surface area contributed by atoms with Gasteiger partial charge in [-0.25, -0.2) is 9.59 Å². The zero-order valence-electron chi connectivity index (χ0n) is 12.2. The molecule has 0 atom stereocenters. The van der Waals surface area contributed by atoms with Crippen molar-refractivity contribution in [3.8, 4) is 0 Å². The lowest BCUT2D eigenvalue weighted by molar-refractivity contribution is -0.154. The van der Waals surface area contributed by atoms with Crippen LogP contribution in [-0.4, -0.2) is 53.8 Å². The van der Waals surface area contributed by atoms with E-state index in [0.29, 0.717) is 24.6 Å². The van der Waals surface area contributed by atoms with E-state index in [2.05, 4.69) is 0 Å². The minimum atomic E-state index is -1.43. The molecule has 128 valence electrons. The van der Waals surface area contributed by atoms with Gasteiger partial charge in [-0.2, -0.15) is 0 Å². The second-order valence-electron chi connectivity index (χ2n) is 3.33. The average Bonchev–Trinajstić information content (AvgIpc) is 2.40. The van der Waals surface area contributed by atoms with Gasteiger partial charge in [-0.15, -0.1) is 48.3 Å². The van der Waals surface area contributed by atoms with E-state index in [1.165, 1.54) is 0 Å². The van der Waals surface area contributed by atoms with Gasteiger partial charge in [0.25, 0.3) is 4.08 Å². The first kappa shape index (κ1) is 26.1. The van der Waals surface area contributed by atoms with E-state index in [1.807, 2.05) is 0 Å². The zero-order valence-corrected chi connectivity index (χ0v) is 15.4. The topological polar surface area (TPSA) is 105 Å². The van der Waals surface area contributed by atoms with Gasteiger partial charge in [0.2, 0.25) is 0 Å². The molecule has 0 aliphatic rings. The molecule has 0 aliphatic carbocycles. The molecule has 4 N–H and O–H groups in total. The Morgan fingerprint density at radius 2 is 1.24 bits per heavy atom. The molecule has 0 saturated carbocycles. The predicted octanol–water partition coefficient (Wildman–Crippen LogP) is 1.04. The fraction of sp³-hybridized carbons (Fsp3) is 0.818. The van der Waals surface area contributed by atoms with E-state index in [-0.39, 0.29) is 38.0 Å². The summed E-state index contributed by atoms with van der Waals surface area (Å²) in [6.07, 6.45) is 0. The largest absolute Gasteiger partial charge is 0.464 e. The average molecular weight is 383 g/mol. The van der Waals surface area contributed by atoms with E-state index in [4.69, 9.17) is 20.9 Å². The second-order valence-corrected chi connectivity index (χ2v) is 6.21. The fourth-order valence-electron chi connectivity index (χ4n) is 1.22. The first-order valence-corrected chi connectivity index (χ1v) is 8.08. The molecular weight excluding hydrogens is 359 g/mol. The number of carbonyl (C=O) groups excluding carboxylic acids is 2. The lowest BCUT2D eigenvalue weighted by Crippen LogP contribution is -2.44. The first-order valence-electron chi connectivity index (χ1n) is 6.11. The summed E-state index contributed by atoms with van der Waals surface area (Å²) < 4.78 is 8.59. The number of hydrogen-bond acceptors (Lipinski definition) is 8. The van der Waals surface area contributed by atoms with Crippen molar-refractivity contribution in [2.24, 2.45) is 11.5 Å². The van der Waals surface area contributed by atoms with Crippen molar-refractivity contribution in [3.05, 3.63) is 0 Å². The second kappa shape index (κ2) is 15.1. The smallest absolute Gasteiger partial charge is 0.344 e. The predicted molar refractivity (Wildman–Crippen MR) is 93.5 cm³/mol. The van der Waals surface area contributed by atoms with Crippen LogP contribution >= 0.6 is 48.3 Å². The lowest BCUT2D eigenvalue weighted by atomic mass is 10.4. The molecule has 21 heavy (non-hydrogen) atoms. The maximum absolute atomic E-state index is 12.1. The molecule has 0 amide bonds. The van der Waals surface area contributed by atoms with E-state index in [9.17, 15) is 9.59 Å². The highest BCUT2D eigenvalue weighted by Crippen LogP contribution is 2.39. The molecule has 0 heterocycles. The SMILES string of the molecule is CCOC(=O)C(SCCN)(SCCN)C(=O)OCC.Cl.Cl. The summed E-state index contributed by atoms with van der Waals surface area (Å²) in [7, 11) is 0. The van der Waals surface area contributed by atoms with Crippen LogP contribution in [0.4, 0.5) is 0 Å². The Labute approximate surface area is 146 Å². The molecule has 0 spiro atoms. The molecule has 0 aromatic carbocycles. The van der Waals surface area contributed by atoms with Crippen LogP contribution in [0.1, 0.15) is 13.8 Å². The van der Waals surface area contributed by atoms with E-state index >= 15 is 0 Å². The van der Waals surface area contributed by atoms with E-state index in [0.717, 1.165) is 23.5 Å². The third-order valence-electron chi connectivity index (χ3n) is 1.93. The molecule has 0 unspecified atom stereocenters. The zero-order chi connectivity index (χ0) is 14.7. The van der Waals surface area contributed by atoms with Crippen LogP contribution in [0.15, 0.2) is 0 Å². The van der Waals surface area contributed by atoms with Gasteiger partial charge >= 0.3 is 11.9 Å². The van der Waals surface area contributed by atoms with Crippen molar-refractivity contribution in [2.75, 3.05) is 37.8 Å². The van der Waals surface area contributed by atoms with Crippen LogP contribution in [0, 0.1) is 0 Å². The van der Waals surface area contributed by atoms with Crippen molar-refractivity contribution in [2.45, 2.75) is 17.9 Å². The van der Waals surface area contributed by atoms with Gasteiger partial charge in [-0.1, -0.05) is 0 Å². The van der Waals surface area contributed by atoms with Crippen molar-refractivity contribution in [3.63, 3.8) is 0 Å². The molecule has 0 aromatic rings. The highest BCUT2D eigenvalue weighted by molar-refractivity contribution is 8.20. The number of nitrogens with two attached hydrogens (primary N) is 2. The highest BCUT2D eigenvalue weighted by Gasteiger charge is 2.50. The summed E-state index contributed by atoms with van der Waals surface area (Å²) in [6.45, 7) is 4.49. The van der Waals surface area contributed by atoms with Crippen molar-refractivity contribution in [1.29, 1.82) is 0 Å².